The van der Waals surface area contributed by atoms with E-state index in [1.807, 2.05) is 61.5 Å². The first-order valence-corrected chi connectivity index (χ1v) is 9.37. The van der Waals surface area contributed by atoms with E-state index in [1.54, 1.807) is 0 Å². The summed E-state index contributed by atoms with van der Waals surface area (Å²) in [5.74, 6) is 3.66. The van der Waals surface area contributed by atoms with Crippen molar-refractivity contribution in [2.24, 2.45) is 0 Å². The summed E-state index contributed by atoms with van der Waals surface area (Å²) >= 11 is 0. The van der Waals surface area contributed by atoms with E-state index in [-0.39, 0.29) is 0 Å². The summed E-state index contributed by atoms with van der Waals surface area (Å²) < 4.78 is 17.5. The molecule has 0 bridgehead atoms. The van der Waals surface area contributed by atoms with E-state index in [0.717, 1.165) is 34.1 Å². The number of rotatable bonds is 8. The Morgan fingerprint density at radius 1 is 0.741 bits per heavy atom. The van der Waals surface area contributed by atoms with Gasteiger partial charge in [0.25, 0.3) is 0 Å². The van der Waals surface area contributed by atoms with Crippen molar-refractivity contribution in [3.63, 3.8) is 0 Å². The van der Waals surface area contributed by atoms with Gasteiger partial charge in [0, 0.05) is 5.56 Å². The Kier molecular flexibility index (Phi) is 6.37. The highest BCUT2D eigenvalue weighted by Crippen LogP contribution is 2.33. The standard InChI is InChI=1S/C24H26O3/c1-4-25-20-10-12-21(13-11-20)27-22-14-15-24(23(16-22)18(2)3)26-17-19-8-6-5-7-9-19/h5-16,18H,4,17H2,1-3H3. The van der Waals surface area contributed by atoms with E-state index in [1.165, 1.54) is 0 Å². The lowest BCUT2D eigenvalue weighted by molar-refractivity contribution is 0.301. The van der Waals surface area contributed by atoms with Gasteiger partial charge in [0.05, 0.1) is 6.61 Å². The van der Waals surface area contributed by atoms with Crippen LogP contribution in [0.25, 0.3) is 0 Å². The minimum Gasteiger partial charge on any atom is -0.494 e. The van der Waals surface area contributed by atoms with Crippen molar-refractivity contribution in [1.29, 1.82) is 0 Å². The van der Waals surface area contributed by atoms with Crippen LogP contribution in [-0.4, -0.2) is 6.61 Å². The van der Waals surface area contributed by atoms with Crippen LogP contribution < -0.4 is 14.2 Å². The highest BCUT2D eigenvalue weighted by atomic mass is 16.5. The first-order chi connectivity index (χ1) is 13.2. The molecule has 27 heavy (non-hydrogen) atoms. The largest absolute Gasteiger partial charge is 0.494 e. The molecule has 0 saturated heterocycles. The molecule has 140 valence electrons. The molecule has 3 aromatic rings. The van der Waals surface area contributed by atoms with Crippen molar-refractivity contribution in [2.75, 3.05) is 6.61 Å². The summed E-state index contributed by atoms with van der Waals surface area (Å²) in [5, 5.41) is 0. The van der Waals surface area contributed by atoms with Crippen molar-refractivity contribution >= 4 is 0 Å². The van der Waals surface area contributed by atoms with Gasteiger partial charge >= 0.3 is 0 Å². The molecule has 0 aromatic heterocycles. The first kappa shape index (κ1) is 18.8. The van der Waals surface area contributed by atoms with Gasteiger partial charge in [-0.05, 0) is 60.9 Å². The second kappa shape index (κ2) is 9.13. The SMILES string of the molecule is CCOc1ccc(Oc2ccc(OCc3ccccc3)c(C(C)C)c2)cc1. The van der Waals surface area contributed by atoms with Gasteiger partial charge in [-0.15, -0.1) is 0 Å². The van der Waals surface area contributed by atoms with E-state index in [2.05, 4.69) is 32.0 Å². The van der Waals surface area contributed by atoms with Crippen LogP contribution >= 0.6 is 0 Å². The topological polar surface area (TPSA) is 27.7 Å². The molecule has 0 aliphatic carbocycles. The van der Waals surface area contributed by atoms with E-state index in [0.29, 0.717) is 19.1 Å². The fourth-order valence-electron chi connectivity index (χ4n) is 2.81. The Bertz CT molecular complexity index is 839. The molecule has 0 unspecified atom stereocenters. The average molecular weight is 362 g/mol. The maximum Gasteiger partial charge on any atom is 0.127 e. The van der Waals surface area contributed by atoms with Crippen molar-refractivity contribution in [1.82, 2.24) is 0 Å². The summed E-state index contributed by atoms with van der Waals surface area (Å²) in [7, 11) is 0. The Balaban J connectivity index is 1.72. The minimum atomic E-state index is 0.333. The highest BCUT2D eigenvalue weighted by Gasteiger charge is 2.11. The van der Waals surface area contributed by atoms with Gasteiger partial charge in [0.15, 0.2) is 0 Å². The van der Waals surface area contributed by atoms with E-state index >= 15 is 0 Å². The zero-order valence-electron chi connectivity index (χ0n) is 16.1. The molecule has 0 heterocycles. The predicted molar refractivity (Wildman–Crippen MR) is 109 cm³/mol. The van der Waals surface area contributed by atoms with Gasteiger partial charge < -0.3 is 14.2 Å². The lowest BCUT2D eigenvalue weighted by Gasteiger charge is -2.16. The molecule has 0 aliphatic heterocycles. The van der Waals surface area contributed by atoms with Crippen LogP contribution in [0.5, 0.6) is 23.0 Å². The highest BCUT2D eigenvalue weighted by molar-refractivity contribution is 5.44. The average Bonchev–Trinajstić information content (AvgIpc) is 2.69. The predicted octanol–water partition coefficient (Wildman–Crippen LogP) is 6.58. The molecule has 3 nitrogen and oxygen atoms in total. The van der Waals surface area contributed by atoms with Crippen LogP contribution in [0.4, 0.5) is 0 Å². The molecule has 0 fully saturated rings. The zero-order chi connectivity index (χ0) is 19.1. The molecule has 0 saturated carbocycles. The van der Waals surface area contributed by atoms with Crippen molar-refractivity contribution < 1.29 is 14.2 Å². The van der Waals surface area contributed by atoms with E-state index in [9.17, 15) is 0 Å². The monoisotopic (exact) mass is 362 g/mol. The van der Waals surface area contributed by atoms with Gasteiger partial charge in [0.2, 0.25) is 0 Å². The third kappa shape index (κ3) is 5.27. The van der Waals surface area contributed by atoms with Gasteiger partial charge in [-0.2, -0.15) is 0 Å². The van der Waals surface area contributed by atoms with Gasteiger partial charge in [-0.1, -0.05) is 44.2 Å². The first-order valence-electron chi connectivity index (χ1n) is 9.37. The maximum atomic E-state index is 6.06. The van der Waals surface area contributed by atoms with E-state index < -0.39 is 0 Å². The third-order valence-electron chi connectivity index (χ3n) is 4.21. The van der Waals surface area contributed by atoms with Crippen LogP contribution in [0, 0.1) is 0 Å². The van der Waals surface area contributed by atoms with Crippen LogP contribution in [0.3, 0.4) is 0 Å². The number of hydrogen-bond donors (Lipinski definition) is 0. The minimum absolute atomic E-state index is 0.333. The fraction of sp³-hybridized carbons (Fsp3) is 0.250. The van der Waals surface area contributed by atoms with E-state index in [4.69, 9.17) is 14.2 Å². The molecular formula is C24H26O3. The van der Waals surface area contributed by atoms with Crippen molar-refractivity contribution in [3.8, 4) is 23.0 Å². The Morgan fingerprint density at radius 2 is 1.41 bits per heavy atom. The van der Waals surface area contributed by atoms with Crippen molar-refractivity contribution in [2.45, 2.75) is 33.3 Å². The number of ether oxygens (including phenoxy) is 3. The Hall–Kier alpha value is -2.94. The zero-order valence-corrected chi connectivity index (χ0v) is 16.1. The van der Waals surface area contributed by atoms with Crippen molar-refractivity contribution in [3.05, 3.63) is 83.9 Å². The molecule has 0 amide bonds. The smallest absolute Gasteiger partial charge is 0.127 e. The molecule has 3 rings (SSSR count). The lowest BCUT2D eigenvalue weighted by atomic mass is 10.0. The fourth-order valence-corrected chi connectivity index (χ4v) is 2.81. The summed E-state index contributed by atoms with van der Waals surface area (Å²) in [6.07, 6.45) is 0. The Labute approximate surface area is 161 Å². The molecule has 3 aromatic carbocycles. The summed E-state index contributed by atoms with van der Waals surface area (Å²) in [5.41, 5.74) is 2.29. The lowest BCUT2D eigenvalue weighted by Crippen LogP contribution is -2.00. The number of benzene rings is 3. The van der Waals surface area contributed by atoms with Crippen LogP contribution in [0.15, 0.2) is 72.8 Å². The molecule has 0 radical (unpaired) electrons. The molecule has 0 aliphatic rings. The van der Waals surface area contributed by atoms with Crippen LogP contribution in [0.1, 0.15) is 37.8 Å². The molecule has 0 N–H and O–H groups in total. The molecular weight excluding hydrogens is 336 g/mol. The van der Waals surface area contributed by atoms with Gasteiger partial charge in [-0.3, -0.25) is 0 Å². The number of hydrogen-bond acceptors (Lipinski definition) is 3. The maximum absolute atomic E-state index is 6.06. The third-order valence-corrected chi connectivity index (χ3v) is 4.21. The summed E-state index contributed by atoms with van der Waals surface area (Å²) in [6.45, 7) is 7.50. The van der Waals surface area contributed by atoms with Gasteiger partial charge in [0.1, 0.15) is 29.6 Å². The summed E-state index contributed by atoms with van der Waals surface area (Å²) in [6, 6.07) is 23.9. The van der Waals surface area contributed by atoms with Crippen LogP contribution in [-0.2, 0) is 6.61 Å². The second-order valence-corrected chi connectivity index (χ2v) is 6.64. The van der Waals surface area contributed by atoms with Gasteiger partial charge in [-0.25, -0.2) is 0 Å². The second-order valence-electron chi connectivity index (χ2n) is 6.64. The molecule has 3 heteroatoms. The quantitative estimate of drug-likeness (QED) is 0.453. The molecule has 0 spiro atoms. The normalized spacial score (nSPS) is 10.7. The summed E-state index contributed by atoms with van der Waals surface area (Å²) in [4.78, 5) is 0. The Morgan fingerprint density at radius 3 is 2.07 bits per heavy atom. The van der Waals surface area contributed by atoms with Crippen LogP contribution in [0.2, 0.25) is 0 Å². The molecule has 0 atom stereocenters.